The van der Waals surface area contributed by atoms with Crippen LogP contribution >= 0.6 is 0 Å². The van der Waals surface area contributed by atoms with Gasteiger partial charge in [0.2, 0.25) is 5.91 Å². The first-order chi connectivity index (χ1) is 15.5. The Hall–Kier alpha value is -3.73. The number of halogens is 3. The van der Waals surface area contributed by atoms with Gasteiger partial charge in [-0.3, -0.25) is 4.79 Å². The zero-order valence-electron chi connectivity index (χ0n) is 17.2. The SMILES string of the molecule is CC(=O)Nc1ccccc1NCc1ccc(Oc2ccc(OS(=O)(=O)C(F)(F)F)cc2)cc1. The lowest BCUT2D eigenvalue weighted by Crippen LogP contribution is -2.27. The highest BCUT2D eigenvalue weighted by atomic mass is 32.2. The number of nitrogens with one attached hydrogen (secondary N) is 2. The van der Waals surface area contributed by atoms with Crippen molar-refractivity contribution in [2.45, 2.75) is 19.0 Å². The zero-order valence-corrected chi connectivity index (χ0v) is 18.0. The third-order valence-electron chi connectivity index (χ3n) is 4.19. The topological polar surface area (TPSA) is 93.7 Å². The van der Waals surface area contributed by atoms with Crippen LogP contribution in [0.2, 0.25) is 0 Å². The summed E-state index contributed by atoms with van der Waals surface area (Å²) < 4.78 is 68.9. The highest BCUT2D eigenvalue weighted by Crippen LogP contribution is 2.29. The molecule has 0 aromatic heterocycles. The van der Waals surface area contributed by atoms with Crippen LogP contribution in [-0.4, -0.2) is 19.8 Å². The van der Waals surface area contributed by atoms with E-state index >= 15 is 0 Å². The number of para-hydroxylation sites is 2. The summed E-state index contributed by atoms with van der Waals surface area (Å²) in [7, 11) is -5.73. The lowest BCUT2D eigenvalue weighted by atomic mass is 10.2. The van der Waals surface area contributed by atoms with E-state index in [2.05, 4.69) is 14.8 Å². The number of hydrogen-bond donors (Lipinski definition) is 2. The van der Waals surface area contributed by atoms with Crippen LogP contribution in [0.1, 0.15) is 12.5 Å². The number of anilines is 2. The van der Waals surface area contributed by atoms with E-state index in [4.69, 9.17) is 4.74 Å². The summed E-state index contributed by atoms with van der Waals surface area (Å²) in [4.78, 5) is 11.3. The molecule has 0 aliphatic carbocycles. The molecule has 11 heteroatoms. The number of carbonyl (C=O) groups is 1. The van der Waals surface area contributed by atoms with Gasteiger partial charge >= 0.3 is 15.6 Å². The first kappa shape index (κ1) is 23.9. The highest BCUT2D eigenvalue weighted by molar-refractivity contribution is 7.88. The molecule has 7 nitrogen and oxygen atoms in total. The first-order valence-electron chi connectivity index (χ1n) is 9.51. The zero-order chi connectivity index (χ0) is 24.1. The van der Waals surface area contributed by atoms with Crippen molar-refractivity contribution in [2.24, 2.45) is 0 Å². The van der Waals surface area contributed by atoms with Crippen LogP contribution in [0.25, 0.3) is 0 Å². The van der Waals surface area contributed by atoms with Crippen molar-refractivity contribution in [2.75, 3.05) is 10.6 Å². The minimum Gasteiger partial charge on any atom is -0.457 e. The van der Waals surface area contributed by atoms with Crippen molar-refractivity contribution in [3.63, 3.8) is 0 Å². The number of benzene rings is 3. The molecular formula is C22H19F3N2O5S. The average Bonchev–Trinajstić information content (AvgIpc) is 2.74. The Balaban J connectivity index is 1.58. The molecule has 0 bridgehead atoms. The molecule has 2 N–H and O–H groups in total. The van der Waals surface area contributed by atoms with Gasteiger partial charge in [-0.25, -0.2) is 0 Å². The molecule has 3 aromatic carbocycles. The Morgan fingerprint density at radius 2 is 1.36 bits per heavy atom. The molecule has 1 amide bonds. The van der Waals surface area contributed by atoms with Crippen molar-refractivity contribution in [3.8, 4) is 17.2 Å². The third-order valence-corrected chi connectivity index (χ3v) is 5.17. The molecular weight excluding hydrogens is 461 g/mol. The van der Waals surface area contributed by atoms with Crippen LogP contribution in [0.3, 0.4) is 0 Å². The van der Waals surface area contributed by atoms with E-state index in [9.17, 15) is 26.4 Å². The maximum Gasteiger partial charge on any atom is 0.534 e. The monoisotopic (exact) mass is 480 g/mol. The fourth-order valence-corrected chi connectivity index (χ4v) is 3.14. The molecule has 33 heavy (non-hydrogen) atoms. The van der Waals surface area contributed by atoms with Gasteiger partial charge in [-0.1, -0.05) is 24.3 Å². The molecule has 0 heterocycles. The van der Waals surface area contributed by atoms with E-state index in [1.54, 1.807) is 18.2 Å². The number of rotatable bonds is 8. The molecule has 0 spiro atoms. The molecule has 0 saturated heterocycles. The highest BCUT2D eigenvalue weighted by Gasteiger charge is 2.48. The first-order valence-corrected chi connectivity index (χ1v) is 10.9. The summed E-state index contributed by atoms with van der Waals surface area (Å²) in [6.07, 6.45) is 0. The summed E-state index contributed by atoms with van der Waals surface area (Å²) in [5, 5.41) is 5.99. The van der Waals surface area contributed by atoms with Gasteiger partial charge < -0.3 is 19.6 Å². The van der Waals surface area contributed by atoms with E-state index in [1.807, 2.05) is 30.3 Å². The number of amides is 1. The van der Waals surface area contributed by atoms with Crippen molar-refractivity contribution in [3.05, 3.63) is 78.4 Å². The third kappa shape index (κ3) is 6.62. The number of carbonyl (C=O) groups excluding carboxylic acids is 1. The summed E-state index contributed by atoms with van der Waals surface area (Å²) in [6, 6.07) is 19.0. The van der Waals surface area contributed by atoms with Crippen LogP contribution in [0.4, 0.5) is 24.5 Å². The van der Waals surface area contributed by atoms with Gasteiger partial charge in [0.25, 0.3) is 0 Å². The molecule has 3 aromatic rings. The Labute approximate surface area is 188 Å². The molecule has 174 valence electrons. The smallest absolute Gasteiger partial charge is 0.457 e. The standard InChI is InChI=1S/C22H19F3N2O5S/c1-15(28)27-21-5-3-2-4-20(21)26-14-16-6-8-17(9-7-16)31-18-10-12-19(13-11-18)32-33(29,30)22(23,24)25/h2-13,26H,14H2,1H3,(H,27,28). The van der Waals surface area contributed by atoms with Gasteiger partial charge in [0.05, 0.1) is 11.4 Å². The fourth-order valence-electron chi connectivity index (χ4n) is 2.68. The second-order valence-corrected chi connectivity index (χ2v) is 8.32. The Bertz CT molecular complexity index is 1210. The van der Waals surface area contributed by atoms with Crippen LogP contribution in [0.15, 0.2) is 72.8 Å². The molecule has 0 unspecified atom stereocenters. The number of ether oxygens (including phenoxy) is 1. The molecule has 0 saturated carbocycles. The van der Waals surface area contributed by atoms with Crippen molar-refractivity contribution in [1.82, 2.24) is 0 Å². The normalized spacial score (nSPS) is 11.5. The van der Waals surface area contributed by atoms with Crippen LogP contribution in [0, 0.1) is 0 Å². The molecule has 0 fully saturated rings. The quantitative estimate of drug-likeness (QED) is 0.337. The molecule has 3 rings (SSSR count). The van der Waals surface area contributed by atoms with E-state index in [0.717, 1.165) is 23.4 Å². The average molecular weight is 480 g/mol. The number of alkyl halides is 3. The van der Waals surface area contributed by atoms with Gasteiger partial charge in [-0.15, -0.1) is 0 Å². The second-order valence-electron chi connectivity index (χ2n) is 6.78. The van der Waals surface area contributed by atoms with Crippen LogP contribution < -0.4 is 19.6 Å². The van der Waals surface area contributed by atoms with Gasteiger partial charge in [0, 0.05) is 13.5 Å². The van der Waals surface area contributed by atoms with E-state index in [-0.39, 0.29) is 11.7 Å². The van der Waals surface area contributed by atoms with Crippen LogP contribution in [-0.2, 0) is 21.5 Å². The van der Waals surface area contributed by atoms with Gasteiger partial charge in [-0.05, 0) is 54.1 Å². The Morgan fingerprint density at radius 1 is 0.848 bits per heavy atom. The molecule has 0 radical (unpaired) electrons. The van der Waals surface area contributed by atoms with Crippen molar-refractivity contribution < 1.29 is 35.3 Å². The molecule has 0 atom stereocenters. The van der Waals surface area contributed by atoms with Crippen molar-refractivity contribution in [1.29, 1.82) is 0 Å². The maximum atomic E-state index is 12.4. The molecule has 0 aliphatic rings. The predicted molar refractivity (Wildman–Crippen MR) is 117 cm³/mol. The lowest BCUT2D eigenvalue weighted by molar-refractivity contribution is -0.114. The molecule has 0 aliphatic heterocycles. The fraction of sp³-hybridized carbons (Fsp3) is 0.136. The second kappa shape index (κ2) is 9.82. The lowest BCUT2D eigenvalue weighted by Gasteiger charge is -2.13. The summed E-state index contributed by atoms with van der Waals surface area (Å²) in [6.45, 7) is 1.91. The Kier molecular flexibility index (Phi) is 7.12. The van der Waals surface area contributed by atoms with E-state index in [1.165, 1.54) is 19.1 Å². The van der Waals surface area contributed by atoms with Crippen LogP contribution in [0.5, 0.6) is 17.2 Å². The van der Waals surface area contributed by atoms with E-state index in [0.29, 0.717) is 18.0 Å². The van der Waals surface area contributed by atoms with Gasteiger partial charge in [0.1, 0.15) is 17.2 Å². The summed E-state index contributed by atoms with van der Waals surface area (Å²) >= 11 is 0. The maximum absolute atomic E-state index is 12.4. The van der Waals surface area contributed by atoms with E-state index < -0.39 is 21.4 Å². The summed E-state index contributed by atoms with van der Waals surface area (Å²) in [5.74, 6) is 0.0869. The van der Waals surface area contributed by atoms with Crippen molar-refractivity contribution >= 4 is 27.4 Å². The largest absolute Gasteiger partial charge is 0.534 e. The summed E-state index contributed by atoms with van der Waals surface area (Å²) in [5.41, 5.74) is -3.14. The van der Waals surface area contributed by atoms with Gasteiger partial charge in [0.15, 0.2) is 0 Å². The predicted octanol–water partition coefficient (Wildman–Crippen LogP) is 5.28. The Morgan fingerprint density at radius 3 is 1.91 bits per heavy atom. The van der Waals surface area contributed by atoms with Gasteiger partial charge in [-0.2, -0.15) is 21.6 Å². The number of hydrogen-bond acceptors (Lipinski definition) is 6. The minimum atomic E-state index is -5.73. The minimum absolute atomic E-state index is 0.174.